The molecule has 0 bridgehead atoms. The van der Waals surface area contributed by atoms with Gasteiger partial charge in [0.15, 0.2) is 0 Å². The van der Waals surface area contributed by atoms with Gasteiger partial charge in [-0.1, -0.05) is 18.2 Å². The molecule has 0 atom stereocenters. The fourth-order valence-electron chi connectivity index (χ4n) is 1.30. The van der Waals surface area contributed by atoms with Crippen molar-refractivity contribution in [3.8, 4) is 0 Å². The van der Waals surface area contributed by atoms with Crippen LogP contribution in [0.15, 0.2) is 50.4 Å². The summed E-state index contributed by atoms with van der Waals surface area (Å²) in [6.07, 6.45) is 1.20. The molecule has 1 heterocycles. The number of rotatable bonds is 4. The van der Waals surface area contributed by atoms with E-state index in [1.54, 1.807) is 11.4 Å². The van der Waals surface area contributed by atoms with E-state index in [0.29, 0.717) is 5.56 Å². The highest BCUT2D eigenvalue weighted by Gasteiger charge is 2.12. The van der Waals surface area contributed by atoms with Gasteiger partial charge >= 0.3 is 5.97 Å². The lowest BCUT2D eigenvalue weighted by atomic mass is 10.1. The lowest BCUT2D eigenvalue weighted by Crippen LogP contribution is -1.97. The van der Waals surface area contributed by atoms with Crippen LogP contribution in [0.4, 0.5) is 0 Å². The largest absolute Gasteiger partial charge is 0.478 e. The molecule has 0 unspecified atom stereocenters. The third-order valence-electron chi connectivity index (χ3n) is 2.25. The second-order valence-corrected chi connectivity index (χ2v) is 6.38. The smallest absolute Gasteiger partial charge is 0.335 e. The molecule has 1 N–H and O–H groups in total. The van der Waals surface area contributed by atoms with Crippen LogP contribution in [0.1, 0.15) is 15.9 Å². The Labute approximate surface area is 113 Å². The minimum atomic E-state index is -3.67. The van der Waals surface area contributed by atoms with Crippen LogP contribution in [0.2, 0.25) is 0 Å². The lowest BCUT2D eigenvalue weighted by molar-refractivity contribution is 0.0697. The molecular formula is C12H9NO4S2. The topological polar surface area (TPSA) is 83.8 Å². The van der Waals surface area contributed by atoms with Crippen molar-refractivity contribution in [3.63, 3.8) is 0 Å². The molecule has 2 aromatic rings. The van der Waals surface area contributed by atoms with Gasteiger partial charge in [-0.25, -0.2) is 4.79 Å². The van der Waals surface area contributed by atoms with Crippen LogP contribution in [0.25, 0.3) is 0 Å². The van der Waals surface area contributed by atoms with E-state index >= 15 is 0 Å². The van der Waals surface area contributed by atoms with Crippen LogP contribution in [-0.2, 0) is 10.0 Å². The fraction of sp³-hybridized carbons (Fsp3) is 0. The zero-order valence-corrected chi connectivity index (χ0v) is 11.2. The molecule has 1 aromatic heterocycles. The van der Waals surface area contributed by atoms with Crippen LogP contribution in [0, 0.1) is 0 Å². The first-order chi connectivity index (χ1) is 8.99. The quantitative estimate of drug-likeness (QED) is 0.877. The van der Waals surface area contributed by atoms with Gasteiger partial charge in [-0.05, 0) is 29.1 Å². The summed E-state index contributed by atoms with van der Waals surface area (Å²) in [7, 11) is -3.67. The van der Waals surface area contributed by atoms with Gasteiger partial charge in [-0.3, -0.25) is 0 Å². The van der Waals surface area contributed by atoms with E-state index in [1.165, 1.54) is 36.5 Å². The summed E-state index contributed by atoms with van der Waals surface area (Å²) >= 11 is 1.09. The van der Waals surface area contributed by atoms with Crippen LogP contribution in [0.5, 0.6) is 0 Å². The monoisotopic (exact) mass is 295 g/mol. The predicted molar refractivity (Wildman–Crippen MR) is 72.5 cm³/mol. The van der Waals surface area contributed by atoms with Gasteiger partial charge in [0.05, 0.1) is 5.56 Å². The average Bonchev–Trinajstić information content (AvgIpc) is 2.91. The normalized spacial score (nSPS) is 11.8. The summed E-state index contributed by atoms with van der Waals surface area (Å²) in [6, 6.07) is 8.89. The second kappa shape index (κ2) is 5.33. The van der Waals surface area contributed by atoms with E-state index in [2.05, 4.69) is 4.40 Å². The molecule has 0 aliphatic carbocycles. The molecule has 0 amide bonds. The molecule has 0 radical (unpaired) electrons. The van der Waals surface area contributed by atoms with E-state index in [0.717, 1.165) is 11.3 Å². The molecule has 5 nitrogen and oxygen atoms in total. The average molecular weight is 295 g/mol. The maximum absolute atomic E-state index is 11.8. The third-order valence-corrected chi connectivity index (χ3v) is 4.86. The van der Waals surface area contributed by atoms with E-state index in [4.69, 9.17) is 5.11 Å². The number of carboxylic acids is 1. The van der Waals surface area contributed by atoms with Crippen molar-refractivity contribution in [2.45, 2.75) is 4.21 Å². The SMILES string of the molecule is O=C(O)c1ccc(/C=N\S(=O)(=O)c2cccs2)cc1. The van der Waals surface area contributed by atoms with Crippen molar-refractivity contribution >= 4 is 33.5 Å². The molecule has 98 valence electrons. The van der Waals surface area contributed by atoms with E-state index in [1.807, 2.05) is 0 Å². The number of benzene rings is 1. The van der Waals surface area contributed by atoms with E-state index in [9.17, 15) is 13.2 Å². The fourth-order valence-corrected chi connectivity index (χ4v) is 3.15. The molecule has 7 heteroatoms. The number of hydrogen-bond donors (Lipinski definition) is 1. The van der Waals surface area contributed by atoms with Crippen molar-refractivity contribution in [1.29, 1.82) is 0 Å². The van der Waals surface area contributed by atoms with E-state index in [-0.39, 0.29) is 9.77 Å². The first-order valence-corrected chi connectivity index (χ1v) is 7.48. The molecule has 0 fully saturated rings. The Morgan fingerprint density at radius 3 is 2.42 bits per heavy atom. The van der Waals surface area contributed by atoms with Crippen LogP contribution in [-0.4, -0.2) is 25.7 Å². The van der Waals surface area contributed by atoms with Gasteiger partial charge in [0.2, 0.25) is 0 Å². The van der Waals surface area contributed by atoms with Gasteiger partial charge in [-0.15, -0.1) is 11.3 Å². The number of nitrogens with zero attached hydrogens (tertiary/aromatic N) is 1. The minimum Gasteiger partial charge on any atom is -0.478 e. The molecule has 19 heavy (non-hydrogen) atoms. The van der Waals surface area contributed by atoms with Crippen LogP contribution < -0.4 is 0 Å². The summed E-state index contributed by atoms with van der Waals surface area (Å²) in [4.78, 5) is 10.7. The first-order valence-electron chi connectivity index (χ1n) is 5.16. The molecule has 0 saturated carbocycles. The first kappa shape index (κ1) is 13.4. The summed E-state index contributed by atoms with van der Waals surface area (Å²) in [5.74, 6) is -1.03. The highest BCUT2D eigenvalue weighted by molar-refractivity contribution is 7.92. The molecule has 2 rings (SSSR count). The number of aromatic carboxylic acids is 1. The van der Waals surface area contributed by atoms with Gasteiger partial charge < -0.3 is 5.11 Å². The highest BCUT2D eigenvalue weighted by Crippen LogP contribution is 2.18. The minimum absolute atomic E-state index is 0.137. The lowest BCUT2D eigenvalue weighted by Gasteiger charge is -1.96. The summed E-state index contributed by atoms with van der Waals surface area (Å²) in [5.41, 5.74) is 0.656. The highest BCUT2D eigenvalue weighted by atomic mass is 32.2. The Balaban J connectivity index is 2.21. The molecule has 0 spiro atoms. The number of carboxylic acid groups (broad SMARTS) is 1. The molecule has 0 aliphatic rings. The summed E-state index contributed by atoms with van der Waals surface area (Å²) in [6.45, 7) is 0. The standard InChI is InChI=1S/C12H9NO4S2/c14-12(15)10-5-3-9(4-6-10)8-13-19(16,17)11-2-1-7-18-11/h1-8H,(H,14,15)/b13-8-. The molecule has 0 aliphatic heterocycles. The Morgan fingerprint density at radius 2 is 1.89 bits per heavy atom. The zero-order chi connectivity index (χ0) is 13.9. The number of carbonyl (C=O) groups is 1. The van der Waals surface area contributed by atoms with Crippen molar-refractivity contribution < 1.29 is 18.3 Å². The summed E-state index contributed by atoms with van der Waals surface area (Å²) in [5, 5.41) is 10.4. The van der Waals surface area contributed by atoms with Gasteiger partial charge in [0.1, 0.15) is 4.21 Å². The number of thiophene rings is 1. The number of hydrogen-bond acceptors (Lipinski definition) is 4. The van der Waals surface area contributed by atoms with Crippen molar-refractivity contribution in [3.05, 3.63) is 52.9 Å². The molecular weight excluding hydrogens is 286 g/mol. The van der Waals surface area contributed by atoms with Crippen molar-refractivity contribution in [2.75, 3.05) is 0 Å². The Kier molecular flexibility index (Phi) is 3.77. The van der Waals surface area contributed by atoms with Crippen LogP contribution in [0.3, 0.4) is 0 Å². The second-order valence-electron chi connectivity index (χ2n) is 3.57. The zero-order valence-electron chi connectivity index (χ0n) is 9.55. The van der Waals surface area contributed by atoms with Crippen LogP contribution >= 0.6 is 11.3 Å². The maximum atomic E-state index is 11.8. The molecule has 1 aromatic carbocycles. The van der Waals surface area contributed by atoms with Crippen molar-refractivity contribution in [2.24, 2.45) is 4.40 Å². The van der Waals surface area contributed by atoms with Gasteiger partial charge in [0, 0.05) is 6.21 Å². The predicted octanol–water partition coefficient (Wildman–Crippen LogP) is 2.25. The van der Waals surface area contributed by atoms with E-state index < -0.39 is 16.0 Å². The number of sulfonamides is 1. The Bertz CT molecular complexity index is 701. The van der Waals surface area contributed by atoms with Crippen molar-refractivity contribution in [1.82, 2.24) is 0 Å². The third kappa shape index (κ3) is 3.27. The summed E-state index contributed by atoms with van der Waals surface area (Å²) < 4.78 is 27.2. The molecule has 0 saturated heterocycles. The van der Waals surface area contributed by atoms with Gasteiger partial charge in [-0.2, -0.15) is 12.8 Å². The Morgan fingerprint density at radius 1 is 1.21 bits per heavy atom. The van der Waals surface area contributed by atoms with Gasteiger partial charge in [0.25, 0.3) is 10.0 Å². The Hall–Kier alpha value is -1.99. The maximum Gasteiger partial charge on any atom is 0.335 e.